The fraction of sp³-hybridized carbons (Fsp3) is 0.500. The van der Waals surface area contributed by atoms with Gasteiger partial charge >= 0.3 is 0 Å². The van der Waals surface area contributed by atoms with Gasteiger partial charge in [0.05, 0.1) is 13.2 Å². The number of halogens is 1. The Morgan fingerprint density at radius 3 is 2.94 bits per heavy atom. The molecule has 2 fully saturated rings. The number of nitrogens with zero attached hydrogens (tertiary/aromatic N) is 1. The van der Waals surface area contributed by atoms with Gasteiger partial charge in [-0.25, -0.2) is 0 Å². The highest BCUT2D eigenvalue weighted by Crippen LogP contribution is 2.33. The number of carbonyl (C=O) groups excluding carboxylic acids is 1. The highest BCUT2D eigenvalue weighted by atomic mass is 35.5. The van der Waals surface area contributed by atoms with E-state index in [0.717, 1.165) is 18.4 Å². The Bertz CT molecular complexity index is 459. The van der Waals surface area contributed by atoms with E-state index in [1.165, 1.54) is 0 Å². The SMILES string of the molecule is O=C(C1CC1)N1CCOC(c2cccc(Cl)c2)C1. The minimum Gasteiger partial charge on any atom is -0.370 e. The van der Waals surface area contributed by atoms with E-state index in [1.54, 1.807) is 0 Å². The molecular weight excluding hydrogens is 250 g/mol. The second-order valence-corrected chi connectivity index (χ2v) is 5.41. The van der Waals surface area contributed by atoms with E-state index in [4.69, 9.17) is 16.3 Å². The van der Waals surface area contributed by atoms with Crippen LogP contribution in [0, 0.1) is 5.92 Å². The highest BCUT2D eigenvalue weighted by molar-refractivity contribution is 6.30. The molecule has 0 aromatic heterocycles. The van der Waals surface area contributed by atoms with Crippen LogP contribution in [-0.4, -0.2) is 30.5 Å². The van der Waals surface area contributed by atoms with Gasteiger partial charge in [-0.05, 0) is 30.5 Å². The van der Waals surface area contributed by atoms with E-state index in [2.05, 4.69) is 0 Å². The number of hydrogen-bond acceptors (Lipinski definition) is 2. The second kappa shape index (κ2) is 4.90. The normalized spacial score (nSPS) is 24.1. The number of benzene rings is 1. The smallest absolute Gasteiger partial charge is 0.225 e. The van der Waals surface area contributed by atoms with Crippen molar-refractivity contribution in [2.75, 3.05) is 19.7 Å². The lowest BCUT2D eigenvalue weighted by molar-refractivity contribution is -0.140. The zero-order valence-electron chi connectivity index (χ0n) is 10.1. The summed E-state index contributed by atoms with van der Waals surface area (Å²) < 4.78 is 5.75. The molecule has 1 amide bonds. The standard InChI is InChI=1S/C14H16ClNO2/c15-12-3-1-2-11(8-12)13-9-16(6-7-18-13)14(17)10-4-5-10/h1-3,8,10,13H,4-7,9H2. The van der Waals surface area contributed by atoms with Gasteiger partial charge < -0.3 is 9.64 Å². The van der Waals surface area contributed by atoms with E-state index in [1.807, 2.05) is 29.2 Å². The lowest BCUT2D eigenvalue weighted by Crippen LogP contribution is -2.43. The van der Waals surface area contributed by atoms with Crippen molar-refractivity contribution in [3.05, 3.63) is 34.9 Å². The van der Waals surface area contributed by atoms with Crippen LogP contribution in [0.15, 0.2) is 24.3 Å². The predicted octanol–water partition coefficient (Wildman–Crippen LogP) is 2.65. The van der Waals surface area contributed by atoms with Crippen molar-refractivity contribution in [2.45, 2.75) is 18.9 Å². The Balaban J connectivity index is 1.71. The number of hydrogen-bond donors (Lipinski definition) is 0. The van der Waals surface area contributed by atoms with Crippen molar-refractivity contribution in [1.82, 2.24) is 4.90 Å². The molecule has 1 atom stereocenters. The Morgan fingerprint density at radius 1 is 1.39 bits per heavy atom. The summed E-state index contributed by atoms with van der Waals surface area (Å²) in [6.07, 6.45) is 2.07. The van der Waals surface area contributed by atoms with Crippen molar-refractivity contribution in [3.8, 4) is 0 Å². The summed E-state index contributed by atoms with van der Waals surface area (Å²) in [6.45, 7) is 1.97. The van der Waals surface area contributed by atoms with Crippen molar-refractivity contribution in [1.29, 1.82) is 0 Å². The molecule has 1 heterocycles. The quantitative estimate of drug-likeness (QED) is 0.823. The molecule has 0 bridgehead atoms. The molecule has 1 saturated heterocycles. The third kappa shape index (κ3) is 2.52. The van der Waals surface area contributed by atoms with Crippen LogP contribution in [0.25, 0.3) is 0 Å². The van der Waals surface area contributed by atoms with Gasteiger partial charge in [-0.1, -0.05) is 23.7 Å². The van der Waals surface area contributed by atoms with Gasteiger partial charge in [-0.2, -0.15) is 0 Å². The maximum Gasteiger partial charge on any atom is 0.225 e. The minimum atomic E-state index is -0.0415. The zero-order chi connectivity index (χ0) is 12.5. The maximum atomic E-state index is 12.0. The van der Waals surface area contributed by atoms with Crippen molar-refractivity contribution < 1.29 is 9.53 Å². The summed E-state index contributed by atoms with van der Waals surface area (Å²) in [6, 6.07) is 7.68. The molecule has 0 N–H and O–H groups in total. The summed E-state index contributed by atoms with van der Waals surface area (Å²) in [5.74, 6) is 0.577. The topological polar surface area (TPSA) is 29.5 Å². The molecule has 96 valence electrons. The van der Waals surface area contributed by atoms with Gasteiger partial charge in [-0.15, -0.1) is 0 Å². The largest absolute Gasteiger partial charge is 0.370 e. The molecule has 1 aliphatic carbocycles. The molecule has 3 nitrogen and oxygen atoms in total. The predicted molar refractivity (Wildman–Crippen MR) is 69.4 cm³/mol. The first-order valence-electron chi connectivity index (χ1n) is 6.40. The van der Waals surface area contributed by atoms with Crippen molar-refractivity contribution in [2.24, 2.45) is 5.92 Å². The molecule has 18 heavy (non-hydrogen) atoms. The molecule has 1 unspecified atom stereocenters. The molecule has 0 radical (unpaired) electrons. The second-order valence-electron chi connectivity index (χ2n) is 4.97. The summed E-state index contributed by atoms with van der Waals surface area (Å²) in [5.41, 5.74) is 1.05. The zero-order valence-corrected chi connectivity index (χ0v) is 10.9. The summed E-state index contributed by atoms with van der Waals surface area (Å²) in [5, 5.41) is 0.710. The molecule has 2 aliphatic rings. The Morgan fingerprint density at radius 2 is 2.22 bits per heavy atom. The van der Waals surface area contributed by atoms with Crippen LogP contribution in [0.4, 0.5) is 0 Å². The average Bonchev–Trinajstić information content (AvgIpc) is 3.22. The van der Waals surface area contributed by atoms with Crippen LogP contribution in [0.5, 0.6) is 0 Å². The number of amides is 1. The number of rotatable bonds is 2. The van der Waals surface area contributed by atoms with Crippen LogP contribution < -0.4 is 0 Å². The lowest BCUT2D eigenvalue weighted by atomic mass is 10.1. The lowest BCUT2D eigenvalue weighted by Gasteiger charge is -2.33. The average molecular weight is 266 g/mol. The van der Waals surface area contributed by atoms with Gasteiger partial charge in [-0.3, -0.25) is 4.79 Å². The van der Waals surface area contributed by atoms with Gasteiger partial charge in [0.2, 0.25) is 5.91 Å². The molecule has 1 aromatic carbocycles. The fourth-order valence-corrected chi connectivity index (χ4v) is 2.55. The third-order valence-corrected chi connectivity index (χ3v) is 3.76. The number of morpholine rings is 1. The number of ether oxygens (including phenoxy) is 1. The first-order valence-corrected chi connectivity index (χ1v) is 6.77. The van der Waals surface area contributed by atoms with Gasteiger partial charge in [0.1, 0.15) is 6.10 Å². The summed E-state index contributed by atoms with van der Waals surface area (Å²) >= 11 is 5.99. The van der Waals surface area contributed by atoms with Crippen LogP contribution in [0.3, 0.4) is 0 Å². The molecule has 4 heteroatoms. The Kier molecular flexibility index (Phi) is 3.27. The number of carbonyl (C=O) groups is 1. The van der Waals surface area contributed by atoms with Crippen LogP contribution in [-0.2, 0) is 9.53 Å². The van der Waals surface area contributed by atoms with E-state index in [0.29, 0.717) is 30.6 Å². The van der Waals surface area contributed by atoms with Crippen molar-refractivity contribution >= 4 is 17.5 Å². The van der Waals surface area contributed by atoms with Crippen LogP contribution in [0.1, 0.15) is 24.5 Å². The van der Waals surface area contributed by atoms with Gasteiger partial charge in [0.15, 0.2) is 0 Å². The first kappa shape index (κ1) is 12.0. The molecule has 0 spiro atoms. The minimum absolute atomic E-state index is 0.0415. The third-order valence-electron chi connectivity index (χ3n) is 3.53. The van der Waals surface area contributed by atoms with E-state index in [-0.39, 0.29) is 12.0 Å². The van der Waals surface area contributed by atoms with E-state index < -0.39 is 0 Å². The Hall–Kier alpha value is -1.06. The van der Waals surface area contributed by atoms with E-state index >= 15 is 0 Å². The van der Waals surface area contributed by atoms with E-state index in [9.17, 15) is 4.79 Å². The Labute approximate surface area is 112 Å². The summed E-state index contributed by atoms with van der Waals surface area (Å²) in [4.78, 5) is 14.0. The molecular formula is C14H16ClNO2. The molecule has 1 aromatic rings. The van der Waals surface area contributed by atoms with Crippen molar-refractivity contribution in [3.63, 3.8) is 0 Å². The maximum absolute atomic E-state index is 12.0. The van der Waals surface area contributed by atoms with Gasteiger partial charge in [0.25, 0.3) is 0 Å². The van der Waals surface area contributed by atoms with Crippen LogP contribution in [0.2, 0.25) is 5.02 Å². The molecule has 3 rings (SSSR count). The molecule has 1 aliphatic heterocycles. The highest BCUT2D eigenvalue weighted by Gasteiger charge is 2.35. The monoisotopic (exact) mass is 265 g/mol. The summed E-state index contributed by atoms with van der Waals surface area (Å²) in [7, 11) is 0. The fourth-order valence-electron chi connectivity index (χ4n) is 2.35. The van der Waals surface area contributed by atoms with Crippen LogP contribution >= 0.6 is 11.6 Å². The first-order chi connectivity index (χ1) is 8.74. The molecule has 1 saturated carbocycles. The van der Waals surface area contributed by atoms with Gasteiger partial charge in [0, 0.05) is 17.5 Å².